The highest BCUT2D eigenvalue weighted by Crippen LogP contribution is 2.14. The summed E-state index contributed by atoms with van der Waals surface area (Å²) in [5.74, 6) is 0.832. The van der Waals surface area contributed by atoms with Gasteiger partial charge in [-0.05, 0) is 25.5 Å². The molecule has 0 aromatic carbocycles. The Hall–Kier alpha value is -1.58. The number of hydrogen-bond acceptors (Lipinski definition) is 3. The van der Waals surface area contributed by atoms with Crippen molar-refractivity contribution in [3.05, 3.63) is 18.3 Å². The molecular formula is C14H23N3O. The molecule has 0 aliphatic rings. The first-order valence-electron chi connectivity index (χ1n) is 6.71. The molecule has 0 saturated heterocycles. The summed E-state index contributed by atoms with van der Waals surface area (Å²) in [5.41, 5.74) is 6.21. The topological polar surface area (TPSA) is 59.2 Å². The summed E-state index contributed by atoms with van der Waals surface area (Å²) in [7, 11) is 0. The van der Waals surface area contributed by atoms with E-state index in [9.17, 15) is 4.79 Å². The van der Waals surface area contributed by atoms with Gasteiger partial charge in [0, 0.05) is 13.0 Å². The van der Waals surface area contributed by atoms with Gasteiger partial charge in [0.15, 0.2) is 0 Å². The van der Waals surface area contributed by atoms with Crippen LogP contribution >= 0.6 is 0 Å². The van der Waals surface area contributed by atoms with Gasteiger partial charge >= 0.3 is 0 Å². The van der Waals surface area contributed by atoms with Crippen molar-refractivity contribution in [2.45, 2.75) is 46.0 Å². The van der Waals surface area contributed by atoms with Gasteiger partial charge in [-0.15, -0.1) is 0 Å². The Morgan fingerprint density at radius 1 is 1.28 bits per heavy atom. The summed E-state index contributed by atoms with van der Waals surface area (Å²) >= 11 is 0. The lowest BCUT2D eigenvalue weighted by Gasteiger charge is -2.19. The number of nitrogen functional groups attached to an aromatic ring is 1. The van der Waals surface area contributed by atoms with Gasteiger partial charge in [0.2, 0.25) is 5.91 Å². The van der Waals surface area contributed by atoms with Crippen LogP contribution in [0.25, 0.3) is 0 Å². The maximum Gasteiger partial charge on any atom is 0.228 e. The number of amides is 1. The van der Waals surface area contributed by atoms with E-state index < -0.39 is 0 Å². The minimum Gasteiger partial charge on any atom is -0.397 e. The number of aromatic nitrogens is 1. The molecule has 4 nitrogen and oxygen atoms in total. The fourth-order valence-corrected chi connectivity index (χ4v) is 1.86. The Morgan fingerprint density at radius 2 is 2.06 bits per heavy atom. The zero-order valence-corrected chi connectivity index (χ0v) is 11.4. The molecule has 0 bridgehead atoms. The van der Waals surface area contributed by atoms with Crippen LogP contribution in [0.4, 0.5) is 11.5 Å². The molecule has 0 fully saturated rings. The van der Waals surface area contributed by atoms with Crippen molar-refractivity contribution in [2.24, 2.45) is 0 Å². The van der Waals surface area contributed by atoms with Crippen LogP contribution in [0.2, 0.25) is 0 Å². The maximum absolute atomic E-state index is 12.1. The van der Waals surface area contributed by atoms with Gasteiger partial charge in [-0.25, -0.2) is 4.98 Å². The molecule has 18 heavy (non-hydrogen) atoms. The van der Waals surface area contributed by atoms with Gasteiger partial charge in [-0.2, -0.15) is 0 Å². The second-order valence-corrected chi connectivity index (χ2v) is 4.40. The molecule has 1 aromatic heterocycles. The highest BCUT2D eigenvalue weighted by molar-refractivity contribution is 5.92. The number of unbranched alkanes of at least 4 members (excludes halogenated alkanes) is 3. The third-order valence-electron chi connectivity index (χ3n) is 2.91. The minimum absolute atomic E-state index is 0.144. The smallest absolute Gasteiger partial charge is 0.228 e. The number of carbonyl (C=O) groups is 1. The summed E-state index contributed by atoms with van der Waals surface area (Å²) < 4.78 is 0. The highest BCUT2D eigenvalue weighted by atomic mass is 16.2. The van der Waals surface area contributed by atoms with Crippen LogP contribution in [-0.2, 0) is 4.79 Å². The van der Waals surface area contributed by atoms with Crippen LogP contribution in [0.5, 0.6) is 0 Å². The summed E-state index contributed by atoms with van der Waals surface area (Å²) in [6.45, 7) is 4.77. The number of nitrogens with zero attached hydrogens (tertiary/aromatic N) is 2. The molecular weight excluding hydrogens is 226 g/mol. The van der Waals surface area contributed by atoms with Crippen LogP contribution in [-0.4, -0.2) is 17.4 Å². The SMILES string of the molecule is CCCCCCC(=O)N(CC)c1ccc(N)cn1. The molecule has 4 heteroatoms. The van der Waals surface area contributed by atoms with Crippen molar-refractivity contribution in [1.29, 1.82) is 0 Å². The van der Waals surface area contributed by atoms with E-state index in [2.05, 4.69) is 11.9 Å². The van der Waals surface area contributed by atoms with E-state index in [-0.39, 0.29) is 5.91 Å². The van der Waals surface area contributed by atoms with E-state index in [1.807, 2.05) is 6.92 Å². The number of carbonyl (C=O) groups excluding carboxylic acids is 1. The minimum atomic E-state index is 0.144. The summed E-state index contributed by atoms with van der Waals surface area (Å²) in [6.07, 6.45) is 6.64. The largest absolute Gasteiger partial charge is 0.397 e. The number of rotatable bonds is 7. The second-order valence-electron chi connectivity index (χ2n) is 4.40. The number of anilines is 2. The molecule has 1 amide bonds. The fraction of sp³-hybridized carbons (Fsp3) is 0.571. The highest BCUT2D eigenvalue weighted by Gasteiger charge is 2.14. The molecule has 0 aliphatic carbocycles. The summed E-state index contributed by atoms with van der Waals surface area (Å²) in [6, 6.07) is 3.57. The van der Waals surface area contributed by atoms with Gasteiger partial charge in [0.25, 0.3) is 0 Å². The third kappa shape index (κ3) is 4.35. The van der Waals surface area contributed by atoms with Gasteiger partial charge in [-0.1, -0.05) is 26.2 Å². The Morgan fingerprint density at radius 3 is 2.61 bits per heavy atom. The van der Waals surface area contributed by atoms with Gasteiger partial charge in [0.1, 0.15) is 5.82 Å². The van der Waals surface area contributed by atoms with E-state index in [0.717, 1.165) is 12.8 Å². The normalized spacial score (nSPS) is 10.3. The van der Waals surface area contributed by atoms with Gasteiger partial charge in [0.05, 0.1) is 11.9 Å². The summed E-state index contributed by atoms with van der Waals surface area (Å²) in [4.78, 5) is 18.0. The molecule has 0 radical (unpaired) electrons. The molecule has 1 aromatic rings. The quantitative estimate of drug-likeness (QED) is 0.756. The van der Waals surface area contributed by atoms with Crippen molar-refractivity contribution >= 4 is 17.4 Å². The molecule has 2 N–H and O–H groups in total. The van der Waals surface area contributed by atoms with Crippen LogP contribution in [0.3, 0.4) is 0 Å². The number of pyridine rings is 1. The Balaban J connectivity index is 2.54. The average Bonchev–Trinajstić information content (AvgIpc) is 2.38. The summed E-state index contributed by atoms with van der Waals surface area (Å²) in [5, 5.41) is 0. The van der Waals surface area contributed by atoms with Crippen molar-refractivity contribution in [2.75, 3.05) is 17.2 Å². The molecule has 0 saturated carbocycles. The number of hydrogen-bond donors (Lipinski definition) is 1. The Kier molecular flexibility index (Phi) is 6.19. The molecule has 100 valence electrons. The van der Waals surface area contributed by atoms with E-state index in [1.54, 1.807) is 23.2 Å². The van der Waals surface area contributed by atoms with E-state index in [1.165, 1.54) is 12.8 Å². The van der Waals surface area contributed by atoms with Crippen LogP contribution < -0.4 is 10.6 Å². The van der Waals surface area contributed by atoms with Crippen LogP contribution in [0.15, 0.2) is 18.3 Å². The van der Waals surface area contributed by atoms with Gasteiger partial charge in [-0.3, -0.25) is 9.69 Å². The fourth-order valence-electron chi connectivity index (χ4n) is 1.86. The van der Waals surface area contributed by atoms with Crippen molar-refractivity contribution in [3.8, 4) is 0 Å². The molecule has 0 atom stereocenters. The lowest BCUT2D eigenvalue weighted by atomic mass is 10.1. The lowest BCUT2D eigenvalue weighted by molar-refractivity contribution is -0.118. The van der Waals surface area contributed by atoms with Crippen LogP contribution in [0, 0.1) is 0 Å². The van der Waals surface area contributed by atoms with Gasteiger partial charge < -0.3 is 5.73 Å². The van der Waals surface area contributed by atoms with Crippen molar-refractivity contribution in [1.82, 2.24) is 4.98 Å². The van der Waals surface area contributed by atoms with E-state index in [0.29, 0.717) is 24.5 Å². The zero-order chi connectivity index (χ0) is 13.4. The monoisotopic (exact) mass is 249 g/mol. The standard InChI is InChI=1S/C14H23N3O/c1-3-5-6-7-8-14(18)17(4-2)13-10-9-12(15)11-16-13/h9-11H,3-8,15H2,1-2H3. The molecule has 0 unspecified atom stereocenters. The molecule has 1 heterocycles. The van der Waals surface area contributed by atoms with Crippen molar-refractivity contribution in [3.63, 3.8) is 0 Å². The second kappa shape index (κ2) is 7.69. The van der Waals surface area contributed by atoms with E-state index >= 15 is 0 Å². The van der Waals surface area contributed by atoms with E-state index in [4.69, 9.17) is 5.73 Å². The third-order valence-corrected chi connectivity index (χ3v) is 2.91. The molecule has 0 spiro atoms. The zero-order valence-electron chi connectivity index (χ0n) is 11.4. The maximum atomic E-state index is 12.1. The van der Waals surface area contributed by atoms with Crippen LogP contribution in [0.1, 0.15) is 46.0 Å². The first kappa shape index (κ1) is 14.5. The number of nitrogens with two attached hydrogens (primary N) is 1. The Labute approximate surface area is 109 Å². The van der Waals surface area contributed by atoms with Crippen molar-refractivity contribution < 1.29 is 4.79 Å². The lowest BCUT2D eigenvalue weighted by Crippen LogP contribution is -2.31. The predicted octanol–water partition coefficient (Wildman–Crippen LogP) is 2.99. The first-order valence-corrected chi connectivity index (χ1v) is 6.71. The average molecular weight is 249 g/mol. The molecule has 0 aliphatic heterocycles. The first-order chi connectivity index (χ1) is 8.69. The Bertz CT molecular complexity index is 362. The molecule has 1 rings (SSSR count). The predicted molar refractivity (Wildman–Crippen MR) is 75.4 cm³/mol.